The predicted octanol–water partition coefficient (Wildman–Crippen LogP) is 1.91. The van der Waals surface area contributed by atoms with Crippen molar-refractivity contribution in [3.63, 3.8) is 0 Å². The Morgan fingerprint density at radius 1 is 1.11 bits per heavy atom. The van der Waals surface area contributed by atoms with E-state index in [1.807, 2.05) is 11.4 Å². The Kier molecular flexibility index (Phi) is 4.13. The van der Waals surface area contributed by atoms with Crippen molar-refractivity contribution in [1.82, 2.24) is 14.9 Å². The number of aliphatic imine (C=N–C) groups is 1. The highest BCUT2D eigenvalue weighted by Gasteiger charge is 2.35. The SMILES string of the molecule is NC(N)=Nc1nc(-c2cncc(CN3C(=O)c4ccccc4C3=O)c2)cs1. The minimum Gasteiger partial charge on any atom is -0.370 e. The van der Waals surface area contributed by atoms with Crippen molar-refractivity contribution in [3.8, 4) is 11.3 Å². The van der Waals surface area contributed by atoms with Gasteiger partial charge in [-0.3, -0.25) is 19.5 Å². The van der Waals surface area contributed by atoms with Crippen LogP contribution in [-0.2, 0) is 6.54 Å². The number of carbonyl (C=O) groups excluding carboxylic acids is 2. The van der Waals surface area contributed by atoms with E-state index in [1.165, 1.54) is 16.2 Å². The first-order chi connectivity index (χ1) is 13.0. The molecule has 0 fully saturated rings. The summed E-state index contributed by atoms with van der Waals surface area (Å²) < 4.78 is 0. The van der Waals surface area contributed by atoms with Gasteiger partial charge in [-0.05, 0) is 23.8 Å². The van der Waals surface area contributed by atoms with E-state index in [2.05, 4.69) is 15.0 Å². The van der Waals surface area contributed by atoms with Crippen LogP contribution in [0.25, 0.3) is 11.3 Å². The number of hydrogen-bond donors (Lipinski definition) is 2. The third-order valence-electron chi connectivity index (χ3n) is 4.03. The normalized spacial score (nSPS) is 13.0. The van der Waals surface area contributed by atoms with E-state index in [-0.39, 0.29) is 24.3 Å². The number of nitrogens with two attached hydrogens (primary N) is 2. The number of guanidine groups is 1. The average Bonchev–Trinajstić information content (AvgIpc) is 3.21. The molecule has 9 heteroatoms. The zero-order valence-corrected chi connectivity index (χ0v) is 14.8. The molecule has 1 aromatic carbocycles. The number of benzene rings is 1. The van der Waals surface area contributed by atoms with Gasteiger partial charge in [-0.15, -0.1) is 11.3 Å². The molecular formula is C18H14N6O2S. The molecule has 3 heterocycles. The molecule has 27 heavy (non-hydrogen) atoms. The quantitative estimate of drug-likeness (QED) is 0.405. The molecule has 0 aliphatic carbocycles. The van der Waals surface area contributed by atoms with E-state index in [4.69, 9.17) is 11.5 Å². The Morgan fingerprint density at radius 3 is 2.48 bits per heavy atom. The number of hydrogen-bond acceptors (Lipinski definition) is 6. The number of imide groups is 1. The zero-order valence-electron chi connectivity index (χ0n) is 14.0. The molecule has 0 spiro atoms. The van der Waals surface area contributed by atoms with Crippen LogP contribution in [0.3, 0.4) is 0 Å². The summed E-state index contributed by atoms with van der Waals surface area (Å²) in [7, 11) is 0. The van der Waals surface area contributed by atoms with Crippen molar-refractivity contribution in [1.29, 1.82) is 0 Å². The Morgan fingerprint density at radius 2 is 1.81 bits per heavy atom. The van der Waals surface area contributed by atoms with E-state index in [9.17, 15) is 9.59 Å². The molecule has 0 bridgehead atoms. The highest BCUT2D eigenvalue weighted by molar-refractivity contribution is 7.13. The molecule has 1 aliphatic rings. The van der Waals surface area contributed by atoms with E-state index in [0.29, 0.717) is 22.0 Å². The van der Waals surface area contributed by atoms with Gasteiger partial charge >= 0.3 is 0 Å². The number of carbonyl (C=O) groups is 2. The van der Waals surface area contributed by atoms with Crippen molar-refractivity contribution < 1.29 is 9.59 Å². The van der Waals surface area contributed by atoms with Gasteiger partial charge in [-0.2, -0.15) is 4.99 Å². The van der Waals surface area contributed by atoms with Crippen LogP contribution in [0.4, 0.5) is 5.13 Å². The molecule has 8 nitrogen and oxygen atoms in total. The van der Waals surface area contributed by atoms with E-state index < -0.39 is 0 Å². The average molecular weight is 378 g/mol. The molecule has 1 aliphatic heterocycles. The number of rotatable bonds is 4. The first kappa shape index (κ1) is 16.9. The molecule has 0 saturated carbocycles. The Bertz CT molecular complexity index is 1050. The maximum Gasteiger partial charge on any atom is 0.261 e. The number of amides is 2. The van der Waals surface area contributed by atoms with Gasteiger partial charge in [0, 0.05) is 23.3 Å². The summed E-state index contributed by atoms with van der Waals surface area (Å²) in [5.74, 6) is -0.664. The topological polar surface area (TPSA) is 128 Å². The van der Waals surface area contributed by atoms with E-state index in [1.54, 1.807) is 36.7 Å². The van der Waals surface area contributed by atoms with Crippen LogP contribution in [0.15, 0.2) is 53.1 Å². The number of fused-ring (bicyclic) bond motifs is 1. The highest BCUT2D eigenvalue weighted by Crippen LogP contribution is 2.28. The second-order valence-corrected chi connectivity index (χ2v) is 6.71. The lowest BCUT2D eigenvalue weighted by Gasteiger charge is -2.14. The maximum absolute atomic E-state index is 12.5. The zero-order chi connectivity index (χ0) is 19.0. The molecule has 0 atom stereocenters. The van der Waals surface area contributed by atoms with Crippen LogP contribution >= 0.6 is 11.3 Å². The molecule has 0 radical (unpaired) electrons. The molecule has 2 amide bonds. The summed E-state index contributed by atoms with van der Waals surface area (Å²) in [5, 5.41) is 2.25. The third kappa shape index (κ3) is 3.15. The molecule has 0 unspecified atom stereocenters. The predicted molar refractivity (Wildman–Crippen MR) is 101 cm³/mol. The number of pyridine rings is 1. The van der Waals surface area contributed by atoms with Gasteiger partial charge in [0.25, 0.3) is 11.8 Å². The number of nitrogens with zero attached hydrogens (tertiary/aromatic N) is 4. The van der Waals surface area contributed by atoms with E-state index in [0.717, 1.165) is 11.1 Å². The number of thiazole rings is 1. The fourth-order valence-electron chi connectivity index (χ4n) is 2.84. The lowest BCUT2D eigenvalue weighted by molar-refractivity contribution is 0.0642. The summed E-state index contributed by atoms with van der Waals surface area (Å²) in [6, 6.07) is 8.64. The van der Waals surface area contributed by atoms with Gasteiger partial charge in [0.15, 0.2) is 5.96 Å². The van der Waals surface area contributed by atoms with Crippen LogP contribution in [0, 0.1) is 0 Å². The summed E-state index contributed by atoms with van der Waals surface area (Å²) in [4.78, 5) is 38.7. The largest absolute Gasteiger partial charge is 0.370 e. The molecular weight excluding hydrogens is 364 g/mol. The highest BCUT2D eigenvalue weighted by atomic mass is 32.1. The van der Waals surface area contributed by atoms with Crippen molar-refractivity contribution in [2.45, 2.75) is 6.54 Å². The Hall–Kier alpha value is -3.59. The van der Waals surface area contributed by atoms with Gasteiger partial charge < -0.3 is 11.5 Å². The maximum atomic E-state index is 12.5. The van der Waals surface area contributed by atoms with Gasteiger partial charge in [-0.25, -0.2) is 4.98 Å². The van der Waals surface area contributed by atoms with Gasteiger partial charge in [0.1, 0.15) is 0 Å². The van der Waals surface area contributed by atoms with Crippen LogP contribution in [0.2, 0.25) is 0 Å². The third-order valence-corrected chi connectivity index (χ3v) is 4.76. The van der Waals surface area contributed by atoms with Crippen LogP contribution in [0.5, 0.6) is 0 Å². The summed E-state index contributed by atoms with van der Waals surface area (Å²) >= 11 is 1.30. The molecule has 4 rings (SSSR count). The van der Waals surface area contributed by atoms with Gasteiger partial charge in [0.2, 0.25) is 5.13 Å². The summed E-state index contributed by atoms with van der Waals surface area (Å²) in [6.07, 6.45) is 3.27. The first-order valence-corrected chi connectivity index (χ1v) is 8.85. The second-order valence-electron chi connectivity index (χ2n) is 5.88. The molecule has 134 valence electrons. The Labute approximate surface area is 158 Å². The van der Waals surface area contributed by atoms with Gasteiger partial charge in [-0.1, -0.05) is 12.1 Å². The molecule has 4 N–H and O–H groups in total. The first-order valence-electron chi connectivity index (χ1n) is 7.97. The summed E-state index contributed by atoms with van der Waals surface area (Å²) in [6.45, 7) is 0.137. The van der Waals surface area contributed by atoms with Crippen LogP contribution in [-0.4, -0.2) is 32.6 Å². The lowest BCUT2D eigenvalue weighted by atomic mass is 10.1. The van der Waals surface area contributed by atoms with Gasteiger partial charge in [0.05, 0.1) is 23.4 Å². The number of aromatic nitrogens is 2. The fourth-order valence-corrected chi connectivity index (χ4v) is 3.55. The van der Waals surface area contributed by atoms with Crippen molar-refractivity contribution in [2.75, 3.05) is 0 Å². The molecule has 3 aromatic rings. The van der Waals surface area contributed by atoms with E-state index >= 15 is 0 Å². The minimum absolute atomic E-state index is 0.0617. The molecule has 0 saturated heterocycles. The Balaban J connectivity index is 1.59. The second kappa shape index (κ2) is 6.61. The monoisotopic (exact) mass is 378 g/mol. The van der Waals surface area contributed by atoms with Crippen molar-refractivity contribution >= 4 is 34.2 Å². The minimum atomic E-state index is -0.301. The van der Waals surface area contributed by atoms with Crippen LogP contribution in [0.1, 0.15) is 26.3 Å². The van der Waals surface area contributed by atoms with Crippen LogP contribution < -0.4 is 11.5 Å². The van der Waals surface area contributed by atoms with Crippen molar-refractivity contribution in [3.05, 3.63) is 64.8 Å². The van der Waals surface area contributed by atoms with Crippen molar-refractivity contribution in [2.24, 2.45) is 16.5 Å². The standard InChI is InChI=1S/C18H14N6O2S/c19-17(20)23-18-22-14(9-27-18)11-5-10(6-21-7-11)8-24-15(25)12-3-1-2-4-13(12)16(24)26/h1-7,9H,8H2,(H4,19,20,22,23). The fraction of sp³-hybridized carbons (Fsp3) is 0.0556. The molecule has 2 aromatic heterocycles. The summed E-state index contributed by atoms with van der Waals surface area (Å²) in [5.41, 5.74) is 13.7. The smallest absolute Gasteiger partial charge is 0.261 e. The lowest BCUT2D eigenvalue weighted by Crippen LogP contribution is -2.29.